The van der Waals surface area contributed by atoms with Crippen LogP contribution in [0.3, 0.4) is 0 Å². The van der Waals surface area contributed by atoms with Crippen LogP contribution in [-0.2, 0) is 17.5 Å². The fourth-order valence-corrected chi connectivity index (χ4v) is 4.27. The number of carbonyl (C=O) groups excluding carboxylic acids is 1. The molecule has 0 aliphatic heterocycles. The molecule has 0 spiro atoms. The molecule has 1 N–H and O–H groups in total. The molecular weight excluding hydrogens is 616 g/mol. The van der Waals surface area contributed by atoms with Gasteiger partial charge >= 0.3 is 12.3 Å². The van der Waals surface area contributed by atoms with E-state index in [1.165, 1.54) is 19.2 Å². The van der Waals surface area contributed by atoms with Crippen LogP contribution in [-0.4, -0.2) is 34.3 Å². The van der Waals surface area contributed by atoms with Gasteiger partial charge in [-0.3, -0.25) is 9.88 Å². The number of alkyl halides is 3. The lowest BCUT2D eigenvalue weighted by atomic mass is 10.1. The molecule has 8 nitrogen and oxygen atoms in total. The van der Waals surface area contributed by atoms with Gasteiger partial charge in [0.25, 0.3) is 0 Å². The van der Waals surface area contributed by atoms with E-state index in [1.54, 1.807) is 29.8 Å². The highest BCUT2D eigenvalue weighted by Crippen LogP contribution is 2.35. The maximum atomic E-state index is 12.8. The second kappa shape index (κ2) is 11.5. The molecule has 2 heterocycles. The summed E-state index contributed by atoms with van der Waals surface area (Å²) < 4.78 is 57.5. The van der Waals surface area contributed by atoms with Crippen LogP contribution in [0.25, 0.3) is 11.2 Å². The summed E-state index contributed by atoms with van der Waals surface area (Å²) >= 11 is 2.14. The second-order valence-corrected chi connectivity index (χ2v) is 9.46. The maximum absolute atomic E-state index is 12.8. The molecule has 200 valence electrons. The molecule has 0 aliphatic rings. The number of halogens is 4. The number of ether oxygens (including phenoxy) is 3. The van der Waals surface area contributed by atoms with E-state index >= 15 is 0 Å². The number of anilines is 1. The SMILES string of the molecule is CCOC(=O)Nc1nc2cc(I)cnc2n1C(C)c1ccc(OCc2ccc(C(F)(F)F)cc2)c(OC)c1. The summed E-state index contributed by atoms with van der Waals surface area (Å²) in [6.07, 6.45) is -3.31. The molecule has 0 saturated heterocycles. The van der Waals surface area contributed by atoms with Crippen LogP contribution < -0.4 is 14.8 Å². The number of aromatic nitrogens is 3. The van der Waals surface area contributed by atoms with Gasteiger partial charge in [-0.2, -0.15) is 13.2 Å². The summed E-state index contributed by atoms with van der Waals surface area (Å²) in [5, 5.41) is 2.68. The van der Waals surface area contributed by atoms with Crippen LogP contribution in [0, 0.1) is 3.57 Å². The molecule has 2 aromatic carbocycles. The number of nitrogens with zero attached hydrogens (tertiary/aromatic N) is 3. The van der Waals surface area contributed by atoms with Crippen molar-refractivity contribution in [3.8, 4) is 11.5 Å². The first-order chi connectivity index (χ1) is 18.1. The number of pyridine rings is 1. The third-order valence-corrected chi connectivity index (χ3v) is 6.31. The third kappa shape index (κ3) is 6.11. The number of imidazole rings is 1. The van der Waals surface area contributed by atoms with E-state index in [0.717, 1.165) is 21.3 Å². The third-order valence-electron chi connectivity index (χ3n) is 5.72. The average molecular weight is 640 g/mol. The molecule has 0 bridgehead atoms. The highest BCUT2D eigenvalue weighted by molar-refractivity contribution is 14.1. The molecular formula is C26H24F3IN4O4. The van der Waals surface area contributed by atoms with Crippen LogP contribution in [0.5, 0.6) is 11.5 Å². The molecule has 4 aromatic rings. The number of benzene rings is 2. The second-order valence-electron chi connectivity index (χ2n) is 8.22. The Hall–Kier alpha value is -3.55. The lowest BCUT2D eigenvalue weighted by molar-refractivity contribution is -0.137. The minimum Gasteiger partial charge on any atom is -0.493 e. The number of methoxy groups -OCH3 is 1. The van der Waals surface area contributed by atoms with Gasteiger partial charge in [-0.1, -0.05) is 18.2 Å². The Kier molecular flexibility index (Phi) is 8.29. The number of carbonyl (C=O) groups is 1. The van der Waals surface area contributed by atoms with Gasteiger partial charge in [-0.05, 0) is 77.9 Å². The zero-order valence-electron chi connectivity index (χ0n) is 20.7. The molecule has 0 aliphatic carbocycles. The number of rotatable bonds is 8. The molecule has 0 fully saturated rings. The van der Waals surface area contributed by atoms with Crippen molar-refractivity contribution in [2.24, 2.45) is 0 Å². The minimum absolute atomic E-state index is 0.0612. The number of hydrogen-bond acceptors (Lipinski definition) is 6. The van der Waals surface area contributed by atoms with Gasteiger partial charge in [-0.25, -0.2) is 14.8 Å². The van der Waals surface area contributed by atoms with Crippen LogP contribution in [0.1, 0.15) is 36.6 Å². The Balaban J connectivity index is 1.60. The molecule has 4 rings (SSSR count). The molecule has 1 unspecified atom stereocenters. The van der Waals surface area contributed by atoms with Crippen molar-refractivity contribution < 1.29 is 32.2 Å². The fraction of sp³-hybridized carbons (Fsp3) is 0.269. The van der Waals surface area contributed by atoms with E-state index in [1.807, 2.05) is 19.1 Å². The number of nitrogens with one attached hydrogen (secondary N) is 1. The first kappa shape index (κ1) is 27.5. The monoisotopic (exact) mass is 640 g/mol. The smallest absolute Gasteiger partial charge is 0.416 e. The van der Waals surface area contributed by atoms with E-state index < -0.39 is 17.8 Å². The topological polar surface area (TPSA) is 87.5 Å². The van der Waals surface area contributed by atoms with Gasteiger partial charge in [0.2, 0.25) is 5.95 Å². The van der Waals surface area contributed by atoms with Gasteiger partial charge in [0.1, 0.15) is 12.1 Å². The van der Waals surface area contributed by atoms with Crippen molar-refractivity contribution >= 4 is 45.8 Å². The van der Waals surface area contributed by atoms with E-state index in [4.69, 9.17) is 14.2 Å². The Labute approximate surface area is 230 Å². The van der Waals surface area contributed by atoms with E-state index in [2.05, 4.69) is 37.9 Å². The van der Waals surface area contributed by atoms with Gasteiger partial charge < -0.3 is 14.2 Å². The van der Waals surface area contributed by atoms with Crippen molar-refractivity contribution in [3.63, 3.8) is 0 Å². The van der Waals surface area contributed by atoms with E-state index in [9.17, 15) is 18.0 Å². The Bertz CT molecular complexity index is 1440. The zero-order valence-corrected chi connectivity index (χ0v) is 22.8. The molecule has 38 heavy (non-hydrogen) atoms. The van der Waals surface area contributed by atoms with Crippen molar-refractivity contribution in [3.05, 3.63) is 75.0 Å². The lowest BCUT2D eigenvalue weighted by Gasteiger charge is -2.19. The molecule has 0 saturated carbocycles. The highest BCUT2D eigenvalue weighted by Gasteiger charge is 2.30. The number of amides is 1. The predicted octanol–water partition coefficient (Wildman–Crippen LogP) is 6.82. The first-order valence-corrected chi connectivity index (χ1v) is 12.6. The van der Waals surface area contributed by atoms with Crippen molar-refractivity contribution in [2.45, 2.75) is 32.7 Å². The Morgan fingerprint density at radius 3 is 2.53 bits per heavy atom. The van der Waals surface area contributed by atoms with E-state index in [-0.39, 0.29) is 25.2 Å². The van der Waals surface area contributed by atoms with Crippen molar-refractivity contribution in [1.29, 1.82) is 0 Å². The van der Waals surface area contributed by atoms with E-state index in [0.29, 0.717) is 28.2 Å². The van der Waals surface area contributed by atoms with Gasteiger partial charge in [0.05, 0.1) is 25.3 Å². The molecule has 12 heteroatoms. The number of fused-ring (bicyclic) bond motifs is 1. The van der Waals surface area contributed by atoms with Gasteiger partial charge in [-0.15, -0.1) is 0 Å². The van der Waals surface area contributed by atoms with Crippen molar-refractivity contribution in [1.82, 2.24) is 14.5 Å². The van der Waals surface area contributed by atoms with Gasteiger partial charge in [0.15, 0.2) is 17.1 Å². The predicted molar refractivity (Wildman–Crippen MR) is 143 cm³/mol. The summed E-state index contributed by atoms with van der Waals surface area (Å²) in [6.45, 7) is 3.91. The van der Waals surface area contributed by atoms with Crippen LogP contribution in [0.2, 0.25) is 0 Å². The fourth-order valence-electron chi connectivity index (χ4n) is 3.83. The first-order valence-electron chi connectivity index (χ1n) is 11.5. The molecule has 0 radical (unpaired) electrons. The summed E-state index contributed by atoms with van der Waals surface area (Å²) in [6, 6.07) is 11.7. The highest BCUT2D eigenvalue weighted by atomic mass is 127. The summed E-state index contributed by atoms with van der Waals surface area (Å²) in [5.41, 5.74) is 1.86. The largest absolute Gasteiger partial charge is 0.493 e. The normalized spacial score (nSPS) is 12.3. The quantitative estimate of drug-likeness (QED) is 0.213. The molecule has 2 aromatic heterocycles. The lowest BCUT2D eigenvalue weighted by Crippen LogP contribution is -2.19. The Morgan fingerprint density at radius 1 is 1.13 bits per heavy atom. The van der Waals surface area contributed by atoms with Crippen LogP contribution in [0.4, 0.5) is 23.9 Å². The minimum atomic E-state index is -4.39. The number of hydrogen-bond donors (Lipinski definition) is 1. The summed E-state index contributed by atoms with van der Waals surface area (Å²) in [5.74, 6) is 1.14. The van der Waals surface area contributed by atoms with Crippen LogP contribution >= 0.6 is 22.6 Å². The molecule has 1 amide bonds. The summed E-state index contributed by atoms with van der Waals surface area (Å²) in [7, 11) is 1.50. The Morgan fingerprint density at radius 2 is 1.87 bits per heavy atom. The van der Waals surface area contributed by atoms with Crippen molar-refractivity contribution in [2.75, 3.05) is 19.0 Å². The zero-order chi connectivity index (χ0) is 27.4. The summed E-state index contributed by atoms with van der Waals surface area (Å²) in [4.78, 5) is 21.2. The average Bonchev–Trinajstić information content (AvgIpc) is 3.23. The van der Waals surface area contributed by atoms with Gasteiger partial charge in [0, 0.05) is 9.77 Å². The maximum Gasteiger partial charge on any atom is 0.416 e. The molecule has 1 atom stereocenters. The van der Waals surface area contributed by atoms with Crippen LogP contribution in [0.15, 0.2) is 54.7 Å². The standard InChI is InChI=1S/C26H24F3IN4O4/c1-4-37-25(35)33-24-32-20-12-19(30)13-31-23(20)34(24)15(2)17-7-10-21(22(11-17)36-3)38-14-16-5-8-18(9-6-16)26(27,28)29/h5-13,15H,4,14H2,1-3H3,(H,32,33,35).